The number of hydrogen-bond donors (Lipinski definition) is 0. The maximum absolute atomic E-state index is 10.3. The van der Waals surface area contributed by atoms with Gasteiger partial charge < -0.3 is 0 Å². The summed E-state index contributed by atoms with van der Waals surface area (Å²) in [5.41, 5.74) is -0.295. The lowest BCUT2D eigenvalue weighted by Gasteiger charge is -2.44. The molecule has 0 N–H and O–H groups in total. The van der Waals surface area contributed by atoms with Gasteiger partial charge in [0.15, 0.2) is 0 Å². The van der Waals surface area contributed by atoms with Crippen molar-refractivity contribution in [1.29, 1.82) is 0 Å². The average Bonchev–Trinajstić information content (AvgIpc) is 2.65. The summed E-state index contributed by atoms with van der Waals surface area (Å²) in [6, 6.07) is 0.00750. The molecule has 0 saturated heterocycles. The van der Waals surface area contributed by atoms with Gasteiger partial charge in [0.1, 0.15) is 0 Å². The maximum Gasteiger partial charge on any atom is 0.235 e. The second kappa shape index (κ2) is 13.7. The first-order valence-electron chi connectivity index (χ1n) is 10.7. The van der Waals surface area contributed by atoms with E-state index < -0.39 is 0 Å². The Morgan fingerprint density at radius 2 is 1.58 bits per heavy atom. The summed E-state index contributed by atoms with van der Waals surface area (Å²) in [4.78, 5) is 55.3. The number of rotatable bonds is 10. The van der Waals surface area contributed by atoms with E-state index in [4.69, 9.17) is 0 Å². The van der Waals surface area contributed by atoms with Crippen LogP contribution in [0.25, 0.3) is 0 Å². The van der Waals surface area contributed by atoms with Crippen LogP contribution in [0.5, 0.6) is 0 Å². The third kappa shape index (κ3) is 12.1. The fraction of sp³-hybridized carbons (Fsp3) is 0.826. The van der Waals surface area contributed by atoms with Crippen molar-refractivity contribution >= 4 is 24.3 Å². The van der Waals surface area contributed by atoms with Gasteiger partial charge in [0, 0.05) is 0 Å². The number of unbranched alkanes of at least 4 members (excludes halogenated alkanes) is 1. The highest BCUT2D eigenvalue weighted by molar-refractivity contribution is 5.35. The fourth-order valence-corrected chi connectivity index (χ4v) is 4.36. The lowest BCUT2D eigenvalue weighted by atomic mass is 9.63. The zero-order valence-corrected chi connectivity index (χ0v) is 19.7. The highest BCUT2D eigenvalue weighted by Gasteiger charge is 2.41. The van der Waals surface area contributed by atoms with Crippen LogP contribution >= 0.6 is 0 Å². The Morgan fingerprint density at radius 1 is 0.935 bits per heavy atom. The Bertz CT molecular complexity index is 754. The highest BCUT2D eigenvalue weighted by Crippen LogP contribution is 2.47. The molecule has 0 spiro atoms. The number of carbonyl (C=O) groups excluding carboxylic acids is 4. The summed E-state index contributed by atoms with van der Waals surface area (Å²) in [7, 11) is 0. The SMILES string of the molecule is CC(CCCCN=C=O)C(C)(C)N=C=O.CC1(C)CC(N=C=O)CC(C)(CN=C=O)C1. The normalized spacial score (nSPS) is 22.7. The summed E-state index contributed by atoms with van der Waals surface area (Å²) in [5.74, 6) is 0.319. The van der Waals surface area contributed by atoms with Crippen LogP contribution in [0.3, 0.4) is 0 Å². The van der Waals surface area contributed by atoms with Crippen molar-refractivity contribution in [3.63, 3.8) is 0 Å². The molecule has 0 heterocycles. The van der Waals surface area contributed by atoms with Crippen molar-refractivity contribution in [3.05, 3.63) is 0 Å². The molecule has 1 aliphatic carbocycles. The summed E-state index contributed by atoms with van der Waals surface area (Å²) < 4.78 is 0. The first kappa shape index (κ1) is 28.5. The standard InChI is InChI=1S/C12H18N2O2.C11H18N2O2/c1-11(2)4-10(14-9-16)5-12(3,6-11)7-13-8-15;1-10(11(2,3)13-9-15)6-4-5-7-12-8-14/h10H,4-7H2,1-3H3;10H,4-7H2,1-3H3. The number of hydrogen-bond acceptors (Lipinski definition) is 8. The highest BCUT2D eigenvalue weighted by atomic mass is 16.1. The first-order chi connectivity index (χ1) is 14.4. The van der Waals surface area contributed by atoms with Gasteiger partial charge in [-0.3, -0.25) is 0 Å². The number of isocyanates is 4. The van der Waals surface area contributed by atoms with Crippen molar-refractivity contribution < 1.29 is 19.2 Å². The van der Waals surface area contributed by atoms with Crippen LogP contribution in [0.15, 0.2) is 20.0 Å². The molecule has 8 heteroatoms. The Morgan fingerprint density at radius 3 is 2.13 bits per heavy atom. The van der Waals surface area contributed by atoms with E-state index in [1.165, 1.54) is 6.08 Å². The molecule has 0 amide bonds. The van der Waals surface area contributed by atoms with Gasteiger partial charge in [0.2, 0.25) is 24.3 Å². The van der Waals surface area contributed by atoms with Gasteiger partial charge in [-0.2, -0.15) is 4.99 Å². The number of aliphatic imine (C=N–C) groups is 4. The second-order valence-corrected chi connectivity index (χ2v) is 10.1. The van der Waals surface area contributed by atoms with E-state index in [0.29, 0.717) is 19.0 Å². The topological polar surface area (TPSA) is 118 Å². The van der Waals surface area contributed by atoms with Crippen molar-refractivity contribution in [2.24, 2.45) is 36.7 Å². The third-order valence-electron chi connectivity index (χ3n) is 5.94. The van der Waals surface area contributed by atoms with Gasteiger partial charge >= 0.3 is 0 Å². The zero-order chi connectivity index (χ0) is 24.0. The quantitative estimate of drug-likeness (QED) is 0.287. The summed E-state index contributed by atoms with van der Waals surface area (Å²) in [6.45, 7) is 13.3. The van der Waals surface area contributed by atoms with E-state index in [0.717, 1.165) is 38.5 Å². The molecule has 0 aromatic heterocycles. The minimum absolute atomic E-state index is 0.00750. The lowest BCUT2D eigenvalue weighted by molar-refractivity contribution is 0.0915. The van der Waals surface area contributed by atoms with Gasteiger partial charge in [-0.15, -0.1) is 0 Å². The van der Waals surface area contributed by atoms with Gasteiger partial charge in [-0.1, -0.05) is 34.1 Å². The molecular weight excluding hydrogens is 396 g/mol. The second-order valence-electron chi connectivity index (χ2n) is 10.1. The van der Waals surface area contributed by atoms with E-state index in [9.17, 15) is 19.2 Å². The largest absolute Gasteiger partial charge is 0.235 e. The van der Waals surface area contributed by atoms with Crippen molar-refractivity contribution in [2.45, 2.75) is 91.6 Å². The van der Waals surface area contributed by atoms with Crippen LogP contribution in [0.4, 0.5) is 0 Å². The number of nitrogens with zero attached hydrogens (tertiary/aromatic N) is 4. The predicted octanol–water partition coefficient (Wildman–Crippen LogP) is 4.49. The van der Waals surface area contributed by atoms with Crippen LogP contribution in [-0.2, 0) is 19.2 Å². The van der Waals surface area contributed by atoms with Crippen molar-refractivity contribution in [3.8, 4) is 0 Å². The summed E-state index contributed by atoms with van der Waals surface area (Å²) in [5, 5.41) is 0. The van der Waals surface area contributed by atoms with Gasteiger partial charge in [-0.25, -0.2) is 34.2 Å². The molecule has 31 heavy (non-hydrogen) atoms. The summed E-state index contributed by atoms with van der Waals surface area (Å²) >= 11 is 0. The monoisotopic (exact) mass is 432 g/mol. The molecular formula is C23H36N4O4. The van der Waals surface area contributed by atoms with Gasteiger partial charge in [-0.05, 0) is 62.7 Å². The Labute approximate surface area is 185 Å². The molecule has 0 aromatic rings. The smallest absolute Gasteiger partial charge is 0.211 e. The first-order valence-corrected chi connectivity index (χ1v) is 10.7. The van der Waals surface area contributed by atoms with Crippen LogP contribution in [0, 0.1) is 16.7 Å². The van der Waals surface area contributed by atoms with Crippen LogP contribution in [-0.4, -0.2) is 49.0 Å². The van der Waals surface area contributed by atoms with Gasteiger partial charge in [0.05, 0.1) is 24.7 Å². The molecule has 1 fully saturated rings. The third-order valence-corrected chi connectivity index (χ3v) is 5.94. The molecule has 3 unspecified atom stereocenters. The van der Waals surface area contributed by atoms with Crippen LogP contribution in [0.2, 0.25) is 0 Å². The van der Waals surface area contributed by atoms with E-state index in [-0.39, 0.29) is 22.4 Å². The molecule has 172 valence electrons. The van der Waals surface area contributed by atoms with E-state index in [2.05, 4.69) is 47.7 Å². The predicted molar refractivity (Wildman–Crippen MR) is 119 cm³/mol. The minimum atomic E-state index is -0.352. The van der Waals surface area contributed by atoms with E-state index in [1.54, 1.807) is 18.2 Å². The molecule has 1 rings (SSSR count). The lowest BCUT2D eigenvalue weighted by Crippen LogP contribution is -2.39. The van der Waals surface area contributed by atoms with Crippen molar-refractivity contribution in [1.82, 2.24) is 0 Å². The molecule has 0 radical (unpaired) electrons. The Kier molecular flexibility index (Phi) is 12.6. The fourth-order valence-electron chi connectivity index (χ4n) is 4.36. The average molecular weight is 433 g/mol. The molecule has 0 aromatic carbocycles. The van der Waals surface area contributed by atoms with Crippen LogP contribution < -0.4 is 0 Å². The molecule has 0 bridgehead atoms. The molecule has 1 aliphatic rings. The van der Waals surface area contributed by atoms with E-state index in [1.807, 2.05) is 13.8 Å². The molecule has 1 saturated carbocycles. The molecule has 0 aliphatic heterocycles. The Balaban J connectivity index is 0.000000582. The van der Waals surface area contributed by atoms with Crippen molar-refractivity contribution in [2.75, 3.05) is 13.1 Å². The minimum Gasteiger partial charge on any atom is -0.211 e. The maximum atomic E-state index is 10.3. The zero-order valence-electron chi connectivity index (χ0n) is 19.7. The molecule has 8 nitrogen and oxygen atoms in total. The molecule has 3 atom stereocenters. The van der Waals surface area contributed by atoms with E-state index >= 15 is 0 Å². The van der Waals surface area contributed by atoms with Crippen LogP contribution in [0.1, 0.15) is 80.1 Å². The Hall–Kier alpha value is -2.48. The van der Waals surface area contributed by atoms with Gasteiger partial charge in [0.25, 0.3) is 0 Å². The summed E-state index contributed by atoms with van der Waals surface area (Å²) in [6.07, 6.45) is 11.8.